The quantitative estimate of drug-likeness (QED) is 0.829. The smallest absolute Gasteiger partial charge is 0.159 e. The zero-order chi connectivity index (χ0) is 11.6. The van der Waals surface area contributed by atoms with Crippen LogP contribution < -0.4 is 0 Å². The van der Waals surface area contributed by atoms with Crippen LogP contribution in [0.5, 0.6) is 0 Å². The van der Waals surface area contributed by atoms with Crippen LogP contribution in [0, 0.1) is 5.92 Å². The Morgan fingerprint density at radius 2 is 1.73 bits per heavy atom. The Kier molecular flexibility index (Phi) is 3.85. The molecule has 0 aromatic carbocycles. The molecule has 0 aliphatic heterocycles. The van der Waals surface area contributed by atoms with E-state index < -0.39 is 0 Å². The van der Waals surface area contributed by atoms with Gasteiger partial charge in [0.2, 0.25) is 0 Å². The molecule has 1 atom stereocenters. The summed E-state index contributed by atoms with van der Waals surface area (Å²) >= 11 is 0. The molecule has 0 amide bonds. The van der Waals surface area contributed by atoms with E-state index in [0.717, 1.165) is 5.82 Å². The van der Waals surface area contributed by atoms with Gasteiger partial charge in [-0.1, -0.05) is 20.8 Å². The molecule has 1 heterocycles. The third-order valence-electron chi connectivity index (χ3n) is 2.86. The summed E-state index contributed by atoms with van der Waals surface area (Å²) < 4.78 is 2.03. The van der Waals surface area contributed by atoms with E-state index in [-0.39, 0.29) is 6.61 Å². The maximum Gasteiger partial charge on any atom is 0.159 e. The third kappa shape index (κ3) is 2.37. The van der Waals surface area contributed by atoms with Crippen LogP contribution in [0.4, 0.5) is 0 Å². The minimum Gasteiger partial charge on any atom is -0.388 e. The van der Waals surface area contributed by atoms with Crippen LogP contribution in [0.15, 0.2) is 0 Å². The second-order valence-electron chi connectivity index (χ2n) is 4.63. The molecule has 1 unspecified atom stereocenters. The van der Waals surface area contributed by atoms with Crippen LogP contribution in [-0.2, 0) is 6.61 Å². The molecule has 15 heavy (non-hydrogen) atoms. The molecule has 1 aromatic rings. The van der Waals surface area contributed by atoms with E-state index in [1.165, 1.54) is 0 Å². The summed E-state index contributed by atoms with van der Waals surface area (Å²) in [6, 6.07) is 0.290. The average molecular weight is 211 g/mol. The third-order valence-corrected chi connectivity index (χ3v) is 2.86. The Morgan fingerprint density at radius 1 is 1.13 bits per heavy atom. The SMILES string of the molecule is CC(C)C(C)c1nnc(CO)n1C(C)C. The predicted octanol–water partition coefficient (Wildman–Crippen LogP) is 2.11. The molecule has 0 fully saturated rings. The molecule has 0 radical (unpaired) electrons. The monoisotopic (exact) mass is 211 g/mol. The van der Waals surface area contributed by atoms with Gasteiger partial charge in [-0.05, 0) is 19.8 Å². The standard InChI is InChI=1S/C11H21N3O/c1-7(2)9(5)11-13-12-10(6-15)14(11)8(3)4/h7-9,15H,6H2,1-5H3. The molecule has 1 N–H and O–H groups in total. The fourth-order valence-electron chi connectivity index (χ4n) is 1.62. The summed E-state index contributed by atoms with van der Waals surface area (Å²) in [6.07, 6.45) is 0. The van der Waals surface area contributed by atoms with Crippen molar-refractivity contribution in [3.63, 3.8) is 0 Å². The van der Waals surface area contributed by atoms with Crippen molar-refractivity contribution in [2.24, 2.45) is 5.92 Å². The van der Waals surface area contributed by atoms with Crippen molar-refractivity contribution in [3.8, 4) is 0 Å². The van der Waals surface area contributed by atoms with E-state index in [0.29, 0.717) is 23.7 Å². The van der Waals surface area contributed by atoms with Crippen molar-refractivity contribution < 1.29 is 5.11 Å². The first-order valence-electron chi connectivity index (χ1n) is 5.53. The predicted molar refractivity (Wildman–Crippen MR) is 59.6 cm³/mol. The number of aromatic nitrogens is 3. The zero-order valence-electron chi connectivity index (χ0n) is 10.2. The zero-order valence-corrected chi connectivity index (χ0v) is 10.2. The normalized spacial score (nSPS) is 13.9. The highest BCUT2D eigenvalue weighted by molar-refractivity contribution is 5.03. The maximum absolute atomic E-state index is 9.18. The molecule has 4 heteroatoms. The highest BCUT2D eigenvalue weighted by Crippen LogP contribution is 2.25. The summed E-state index contributed by atoms with van der Waals surface area (Å²) in [5.74, 6) is 2.52. The number of rotatable bonds is 4. The fourth-order valence-corrected chi connectivity index (χ4v) is 1.62. The van der Waals surface area contributed by atoms with Crippen LogP contribution in [0.1, 0.15) is 58.2 Å². The molecular weight excluding hydrogens is 190 g/mol. The number of hydrogen-bond acceptors (Lipinski definition) is 3. The molecule has 0 aliphatic carbocycles. The van der Waals surface area contributed by atoms with Crippen LogP contribution >= 0.6 is 0 Å². The summed E-state index contributed by atoms with van der Waals surface area (Å²) in [7, 11) is 0. The summed E-state index contributed by atoms with van der Waals surface area (Å²) in [5, 5.41) is 17.4. The van der Waals surface area contributed by atoms with Gasteiger partial charge in [-0.3, -0.25) is 0 Å². The number of aliphatic hydroxyl groups is 1. The highest BCUT2D eigenvalue weighted by atomic mass is 16.3. The number of hydrogen-bond donors (Lipinski definition) is 1. The molecule has 4 nitrogen and oxygen atoms in total. The topological polar surface area (TPSA) is 50.9 Å². The lowest BCUT2D eigenvalue weighted by Gasteiger charge is -2.19. The maximum atomic E-state index is 9.18. The first kappa shape index (κ1) is 12.2. The van der Waals surface area contributed by atoms with E-state index in [1.54, 1.807) is 0 Å². The van der Waals surface area contributed by atoms with Gasteiger partial charge in [-0.15, -0.1) is 10.2 Å². The molecule has 1 aromatic heterocycles. The van der Waals surface area contributed by atoms with E-state index in [2.05, 4.69) is 44.8 Å². The van der Waals surface area contributed by atoms with E-state index in [9.17, 15) is 5.11 Å². The Bertz CT molecular complexity index is 318. The van der Waals surface area contributed by atoms with Crippen molar-refractivity contribution >= 4 is 0 Å². The number of aliphatic hydroxyl groups excluding tert-OH is 1. The highest BCUT2D eigenvalue weighted by Gasteiger charge is 2.21. The first-order chi connectivity index (χ1) is 6.99. The fraction of sp³-hybridized carbons (Fsp3) is 0.818. The molecule has 0 saturated carbocycles. The van der Waals surface area contributed by atoms with Crippen LogP contribution in [0.2, 0.25) is 0 Å². The average Bonchev–Trinajstić information content (AvgIpc) is 2.59. The van der Waals surface area contributed by atoms with E-state index in [4.69, 9.17) is 0 Å². The van der Waals surface area contributed by atoms with Gasteiger partial charge >= 0.3 is 0 Å². The molecule has 86 valence electrons. The summed E-state index contributed by atoms with van der Waals surface area (Å²) in [4.78, 5) is 0. The van der Waals surface area contributed by atoms with Crippen molar-refractivity contribution in [2.45, 2.75) is 53.2 Å². The van der Waals surface area contributed by atoms with Crippen molar-refractivity contribution in [2.75, 3.05) is 0 Å². The molecule has 0 bridgehead atoms. The van der Waals surface area contributed by atoms with Crippen molar-refractivity contribution in [1.29, 1.82) is 0 Å². The van der Waals surface area contributed by atoms with Crippen LogP contribution in [-0.4, -0.2) is 19.9 Å². The van der Waals surface area contributed by atoms with Crippen LogP contribution in [0.25, 0.3) is 0 Å². The van der Waals surface area contributed by atoms with Gasteiger partial charge in [0.25, 0.3) is 0 Å². The van der Waals surface area contributed by atoms with Gasteiger partial charge in [0.15, 0.2) is 5.82 Å². The second-order valence-corrected chi connectivity index (χ2v) is 4.63. The lowest BCUT2D eigenvalue weighted by Crippen LogP contribution is -2.15. The Morgan fingerprint density at radius 3 is 2.13 bits per heavy atom. The molecule has 0 spiro atoms. The van der Waals surface area contributed by atoms with E-state index in [1.807, 2.05) is 4.57 Å². The Labute approximate surface area is 91.3 Å². The Balaban J connectivity index is 3.12. The first-order valence-corrected chi connectivity index (χ1v) is 5.53. The minimum absolute atomic E-state index is 0.0456. The number of nitrogens with zero attached hydrogens (tertiary/aromatic N) is 3. The van der Waals surface area contributed by atoms with Crippen molar-refractivity contribution in [1.82, 2.24) is 14.8 Å². The van der Waals surface area contributed by atoms with Gasteiger partial charge < -0.3 is 9.67 Å². The van der Waals surface area contributed by atoms with Gasteiger partial charge in [-0.25, -0.2) is 0 Å². The van der Waals surface area contributed by atoms with Gasteiger partial charge in [0.1, 0.15) is 12.4 Å². The molecular formula is C11H21N3O. The van der Waals surface area contributed by atoms with Gasteiger partial charge in [-0.2, -0.15) is 0 Å². The van der Waals surface area contributed by atoms with Gasteiger partial charge in [0.05, 0.1) is 0 Å². The molecule has 0 saturated heterocycles. The Hall–Kier alpha value is -0.900. The van der Waals surface area contributed by atoms with Crippen molar-refractivity contribution in [3.05, 3.63) is 11.6 Å². The second kappa shape index (κ2) is 4.75. The van der Waals surface area contributed by atoms with Crippen LogP contribution in [0.3, 0.4) is 0 Å². The largest absolute Gasteiger partial charge is 0.388 e. The lowest BCUT2D eigenvalue weighted by atomic mass is 9.97. The minimum atomic E-state index is -0.0456. The van der Waals surface area contributed by atoms with E-state index >= 15 is 0 Å². The molecule has 0 aliphatic rings. The summed E-state index contributed by atoms with van der Waals surface area (Å²) in [6.45, 7) is 10.6. The van der Waals surface area contributed by atoms with Gasteiger partial charge in [0, 0.05) is 12.0 Å². The summed E-state index contributed by atoms with van der Waals surface area (Å²) in [5.41, 5.74) is 0. The molecule has 1 rings (SSSR count). The lowest BCUT2D eigenvalue weighted by molar-refractivity contribution is 0.260.